The predicted octanol–water partition coefficient (Wildman–Crippen LogP) is 1.99. The predicted molar refractivity (Wildman–Crippen MR) is 133 cm³/mol. The van der Waals surface area contributed by atoms with Crippen LogP contribution in [0.25, 0.3) is 11.3 Å². The molecule has 15 heteroatoms. The number of hydrogen-bond donors (Lipinski definition) is 3. The average Bonchev–Trinajstić information content (AvgIpc) is 3.76. The van der Waals surface area contributed by atoms with Crippen molar-refractivity contribution in [3.63, 3.8) is 0 Å². The van der Waals surface area contributed by atoms with E-state index >= 15 is 0 Å². The van der Waals surface area contributed by atoms with Crippen molar-refractivity contribution in [3.8, 4) is 11.3 Å². The molecule has 0 amide bonds. The number of rotatable bonds is 7. The molecule has 1 aromatic carbocycles. The monoisotopic (exact) mass is 576 g/mol. The van der Waals surface area contributed by atoms with Crippen molar-refractivity contribution >= 4 is 6.01 Å². The smallest absolute Gasteiger partial charge is 0.297 e. The first-order valence-corrected chi connectivity index (χ1v) is 13.1. The van der Waals surface area contributed by atoms with Crippen LogP contribution in [0, 0.1) is 17.5 Å². The summed E-state index contributed by atoms with van der Waals surface area (Å²) in [6.45, 7) is 0.922. The van der Waals surface area contributed by atoms with Crippen molar-refractivity contribution < 1.29 is 42.2 Å². The van der Waals surface area contributed by atoms with Gasteiger partial charge in [0.2, 0.25) is 0 Å². The molecule has 218 valence electrons. The van der Waals surface area contributed by atoms with Gasteiger partial charge in [-0.15, -0.1) is 5.10 Å². The van der Waals surface area contributed by atoms with Crippen molar-refractivity contribution in [1.82, 2.24) is 25.1 Å². The minimum Gasteiger partial charge on any atom is -0.432 e. The number of halogens is 3. The number of aliphatic hydroxyl groups excluding tert-OH is 3. The van der Waals surface area contributed by atoms with Crippen LogP contribution in [0.5, 0.6) is 0 Å². The number of hydrogen-bond acceptors (Lipinski definition) is 11. The Morgan fingerprint density at radius 2 is 1.73 bits per heavy atom. The zero-order chi connectivity index (χ0) is 28.7. The van der Waals surface area contributed by atoms with Crippen LogP contribution >= 0.6 is 0 Å². The summed E-state index contributed by atoms with van der Waals surface area (Å²) in [4.78, 5) is 6.24. The van der Waals surface area contributed by atoms with Crippen molar-refractivity contribution in [2.75, 3.05) is 24.6 Å². The van der Waals surface area contributed by atoms with Crippen LogP contribution in [0.2, 0.25) is 0 Å². The standard InChI is InChI=1S/C26H27F3N6O6/c27-16-7-14(8-17(28)22(16)29)18-11-35(33-31-18)23-24(37)20(40-21(12-36)25(23)38)10-15-9-19(41-32-15)13-1-4-34(5-2-13)26-30-3-6-39-26/h3,6-9,11,13,20-21,23-25,36-38H,1-2,4-5,10,12H2/t20-,21-,23-,24+,25+/m1/s1. The van der Waals surface area contributed by atoms with Gasteiger partial charge in [0.1, 0.15) is 42.1 Å². The lowest BCUT2D eigenvalue weighted by molar-refractivity contribution is -0.205. The molecule has 2 saturated heterocycles. The quantitative estimate of drug-likeness (QED) is 0.277. The summed E-state index contributed by atoms with van der Waals surface area (Å²) in [7, 11) is 0. The van der Waals surface area contributed by atoms with Crippen LogP contribution in [0.4, 0.5) is 19.2 Å². The Morgan fingerprint density at radius 1 is 1.00 bits per heavy atom. The van der Waals surface area contributed by atoms with Crippen LogP contribution in [-0.2, 0) is 11.2 Å². The van der Waals surface area contributed by atoms with Gasteiger partial charge in [-0.3, -0.25) is 0 Å². The molecule has 41 heavy (non-hydrogen) atoms. The molecule has 0 spiro atoms. The fourth-order valence-electron chi connectivity index (χ4n) is 5.47. The van der Waals surface area contributed by atoms with Gasteiger partial charge in [-0.05, 0) is 25.0 Å². The van der Waals surface area contributed by atoms with Gasteiger partial charge in [0.05, 0.1) is 30.8 Å². The molecule has 2 fully saturated rings. The molecule has 0 saturated carbocycles. The number of aliphatic hydroxyl groups is 3. The molecule has 0 aliphatic carbocycles. The maximum Gasteiger partial charge on any atom is 0.297 e. The Hall–Kier alpha value is -3.79. The number of piperidine rings is 1. The zero-order valence-corrected chi connectivity index (χ0v) is 21.6. The normalized spacial score (nSPS) is 25.6. The first-order chi connectivity index (χ1) is 19.8. The lowest BCUT2D eigenvalue weighted by atomic mass is 9.90. The molecule has 3 aromatic heterocycles. The molecule has 2 aliphatic rings. The van der Waals surface area contributed by atoms with Gasteiger partial charge in [0.15, 0.2) is 17.5 Å². The lowest BCUT2D eigenvalue weighted by Crippen LogP contribution is -2.56. The number of ether oxygens (including phenoxy) is 1. The van der Waals surface area contributed by atoms with E-state index in [9.17, 15) is 28.5 Å². The molecule has 12 nitrogen and oxygen atoms in total. The Bertz CT molecular complexity index is 1450. The van der Waals surface area contributed by atoms with Gasteiger partial charge >= 0.3 is 0 Å². The molecule has 2 aliphatic heterocycles. The lowest BCUT2D eigenvalue weighted by Gasteiger charge is -2.42. The summed E-state index contributed by atoms with van der Waals surface area (Å²) in [6, 6.07) is 2.79. The molecule has 3 N–H and O–H groups in total. The van der Waals surface area contributed by atoms with E-state index in [2.05, 4.69) is 25.4 Å². The van der Waals surface area contributed by atoms with E-state index in [0.717, 1.165) is 42.7 Å². The average molecular weight is 577 g/mol. The molecule has 5 heterocycles. The van der Waals surface area contributed by atoms with E-state index < -0.39 is 54.5 Å². The van der Waals surface area contributed by atoms with Gasteiger partial charge < -0.3 is 33.9 Å². The van der Waals surface area contributed by atoms with Gasteiger partial charge in [-0.25, -0.2) is 22.8 Å². The van der Waals surface area contributed by atoms with Crippen molar-refractivity contribution in [2.24, 2.45) is 0 Å². The molecule has 4 aromatic rings. The third-order valence-corrected chi connectivity index (χ3v) is 7.66. The summed E-state index contributed by atoms with van der Waals surface area (Å²) in [5, 5.41) is 43.8. The van der Waals surface area contributed by atoms with E-state index in [1.165, 1.54) is 12.5 Å². The highest BCUT2D eigenvalue weighted by Crippen LogP contribution is 2.34. The molecular formula is C26H27F3N6O6. The number of anilines is 1. The third kappa shape index (κ3) is 5.32. The number of nitrogens with zero attached hydrogens (tertiary/aromatic N) is 6. The summed E-state index contributed by atoms with van der Waals surface area (Å²) in [5.74, 6) is -3.57. The summed E-state index contributed by atoms with van der Waals surface area (Å²) in [6.07, 6.45) is 1.38. The minimum atomic E-state index is -1.61. The second-order valence-corrected chi connectivity index (χ2v) is 10.2. The molecule has 0 radical (unpaired) electrons. The SMILES string of the molecule is OC[C@H]1O[C@H](Cc2cc(C3CCN(c4ncco4)CC3)on2)[C@H](O)[C@@H](n2cc(-c3cc(F)c(F)c(F)c3)nn2)[C@H]1O. The van der Waals surface area contributed by atoms with Crippen LogP contribution in [0.3, 0.4) is 0 Å². The second kappa shape index (κ2) is 11.2. The van der Waals surface area contributed by atoms with Crippen LogP contribution < -0.4 is 4.90 Å². The maximum atomic E-state index is 13.7. The van der Waals surface area contributed by atoms with E-state index in [4.69, 9.17) is 13.7 Å². The minimum absolute atomic E-state index is 0.0131. The van der Waals surface area contributed by atoms with Gasteiger partial charge in [0, 0.05) is 37.1 Å². The van der Waals surface area contributed by atoms with Gasteiger partial charge in [0.25, 0.3) is 6.01 Å². The molecule has 6 rings (SSSR count). The Kier molecular flexibility index (Phi) is 7.50. The Morgan fingerprint density at radius 3 is 2.41 bits per heavy atom. The largest absolute Gasteiger partial charge is 0.432 e. The number of benzene rings is 1. The fraction of sp³-hybridized carbons (Fsp3) is 0.462. The van der Waals surface area contributed by atoms with Crippen molar-refractivity contribution in [3.05, 3.63) is 65.8 Å². The highest BCUT2D eigenvalue weighted by Gasteiger charge is 2.46. The first kappa shape index (κ1) is 27.4. The van der Waals surface area contributed by atoms with Crippen LogP contribution in [-0.4, -0.2) is 84.6 Å². The molecule has 0 unspecified atom stereocenters. The van der Waals surface area contributed by atoms with E-state index in [-0.39, 0.29) is 23.6 Å². The fourth-order valence-corrected chi connectivity index (χ4v) is 5.47. The van der Waals surface area contributed by atoms with Gasteiger partial charge in [-0.1, -0.05) is 10.4 Å². The van der Waals surface area contributed by atoms with Crippen LogP contribution in [0.15, 0.2) is 45.8 Å². The van der Waals surface area contributed by atoms with Crippen LogP contribution in [0.1, 0.15) is 36.3 Å². The topological polar surface area (TPSA) is 156 Å². The Balaban J connectivity index is 1.16. The Labute approximate surface area is 230 Å². The third-order valence-electron chi connectivity index (χ3n) is 7.66. The van der Waals surface area contributed by atoms with Crippen molar-refractivity contribution in [1.29, 1.82) is 0 Å². The number of aromatic nitrogens is 5. The van der Waals surface area contributed by atoms with E-state index in [1.807, 2.05) is 0 Å². The highest BCUT2D eigenvalue weighted by molar-refractivity contribution is 5.58. The number of oxazole rings is 1. The second-order valence-electron chi connectivity index (χ2n) is 10.2. The highest BCUT2D eigenvalue weighted by atomic mass is 19.2. The molecule has 0 bridgehead atoms. The van der Waals surface area contributed by atoms with Crippen molar-refractivity contribution in [2.45, 2.75) is 55.6 Å². The zero-order valence-electron chi connectivity index (χ0n) is 21.6. The first-order valence-electron chi connectivity index (χ1n) is 13.1. The van der Waals surface area contributed by atoms with E-state index in [0.29, 0.717) is 17.5 Å². The van der Waals surface area contributed by atoms with E-state index in [1.54, 1.807) is 12.3 Å². The maximum absolute atomic E-state index is 13.7. The summed E-state index contributed by atoms with van der Waals surface area (Å²) >= 11 is 0. The molecule has 5 atom stereocenters. The molecular weight excluding hydrogens is 549 g/mol. The van der Waals surface area contributed by atoms with Gasteiger partial charge in [-0.2, -0.15) is 0 Å². The summed E-state index contributed by atoms with van der Waals surface area (Å²) < 4.78 is 58.8. The summed E-state index contributed by atoms with van der Waals surface area (Å²) in [5.41, 5.74) is 0.420.